The zero-order valence-corrected chi connectivity index (χ0v) is 16.8. The van der Waals surface area contributed by atoms with Gasteiger partial charge >= 0.3 is 11.9 Å². The molecule has 0 aromatic heterocycles. The van der Waals surface area contributed by atoms with Crippen LogP contribution in [0.15, 0.2) is 30.3 Å². The highest BCUT2D eigenvalue weighted by atomic mass is 16.5. The molecule has 1 unspecified atom stereocenters. The lowest BCUT2D eigenvalue weighted by molar-refractivity contribution is -0.147. The highest BCUT2D eigenvalue weighted by Crippen LogP contribution is 2.53. The SMILES string of the molecule is [2H]C([2H])Oc1c(OC)ccc(-c2ccc3c(c2)COC3=O)c1OC(CC)C1(C(=O)O)CC1. The van der Waals surface area contributed by atoms with Crippen molar-refractivity contribution in [1.29, 1.82) is 0 Å². The summed E-state index contributed by atoms with van der Waals surface area (Å²) in [6.07, 6.45) is 0.824. The van der Waals surface area contributed by atoms with E-state index in [0.717, 1.165) is 5.56 Å². The summed E-state index contributed by atoms with van der Waals surface area (Å²) in [5.41, 5.74) is 1.51. The van der Waals surface area contributed by atoms with Crippen LogP contribution < -0.4 is 14.2 Å². The van der Waals surface area contributed by atoms with Gasteiger partial charge in [-0.3, -0.25) is 4.79 Å². The highest BCUT2D eigenvalue weighted by molar-refractivity contribution is 5.94. The van der Waals surface area contributed by atoms with Gasteiger partial charge in [-0.15, -0.1) is 0 Å². The van der Waals surface area contributed by atoms with Gasteiger partial charge in [0.2, 0.25) is 5.75 Å². The Kier molecular flexibility index (Phi) is 4.44. The Labute approximate surface area is 177 Å². The third-order valence-electron chi connectivity index (χ3n) is 5.87. The standard InChI is InChI=1S/C23H24O7/c1-4-18(23(9-10-23)22(25)26)30-19-15(7-8-17(27-2)20(19)28-3)13-5-6-16-14(11-13)12-29-21(16)24/h5-8,11,18H,4,9-10,12H2,1-3H3,(H,25,26)/i3D2. The predicted molar refractivity (Wildman–Crippen MR) is 108 cm³/mol. The minimum Gasteiger partial charge on any atom is -0.493 e. The minimum absolute atomic E-state index is 0.0625. The number of ether oxygens (including phenoxy) is 4. The minimum atomic E-state index is -1.65. The summed E-state index contributed by atoms with van der Waals surface area (Å²) in [6.45, 7) is 2.02. The first-order chi connectivity index (χ1) is 15.3. The Bertz CT molecular complexity index is 1060. The maximum Gasteiger partial charge on any atom is 0.338 e. The third-order valence-corrected chi connectivity index (χ3v) is 5.87. The number of hydrogen-bond donors (Lipinski definition) is 1. The van der Waals surface area contributed by atoms with Crippen LogP contribution in [0.4, 0.5) is 0 Å². The zero-order valence-electron chi connectivity index (χ0n) is 18.8. The maximum atomic E-state index is 11.9. The molecule has 2 aliphatic rings. The quantitative estimate of drug-likeness (QED) is 0.651. The molecular formula is C23H24O7. The summed E-state index contributed by atoms with van der Waals surface area (Å²) in [5, 5.41) is 9.77. The predicted octanol–water partition coefficient (Wildman–Crippen LogP) is 4.06. The summed E-state index contributed by atoms with van der Waals surface area (Å²) in [6, 6.07) is 8.61. The highest BCUT2D eigenvalue weighted by Gasteiger charge is 2.57. The number of aliphatic carboxylic acids is 1. The topological polar surface area (TPSA) is 91.3 Å². The van der Waals surface area contributed by atoms with Crippen molar-refractivity contribution < 1.29 is 36.4 Å². The largest absolute Gasteiger partial charge is 0.493 e. The number of carbonyl (C=O) groups excluding carboxylic acids is 1. The molecule has 7 heteroatoms. The molecule has 4 rings (SSSR count). The Balaban J connectivity index is 1.85. The van der Waals surface area contributed by atoms with Crippen LogP contribution >= 0.6 is 0 Å². The molecule has 0 bridgehead atoms. The van der Waals surface area contributed by atoms with Gasteiger partial charge in [0.15, 0.2) is 11.5 Å². The average Bonchev–Trinajstić information content (AvgIpc) is 3.50. The molecule has 1 heterocycles. The van der Waals surface area contributed by atoms with E-state index in [1.807, 2.05) is 13.0 Å². The molecule has 1 N–H and O–H groups in total. The van der Waals surface area contributed by atoms with Crippen LogP contribution in [0, 0.1) is 5.41 Å². The van der Waals surface area contributed by atoms with Crippen molar-refractivity contribution in [1.82, 2.24) is 0 Å². The van der Waals surface area contributed by atoms with Crippen LogP contribution in [0.2, 0.25) is 0 Å². The van der Waals surface area contributed by atoms with Crippen LogP contribution in [-0.2, 0) is 16.1 Å². The first-order valence-corrected chi connectivity index (χ1v) is 9.73. The second kappa shape index (κ2) is 7.55. The third kappa shape index (κ3) is 3.14. The summed E-state index contributed by atoms with van der Waals surface area (Å²) < 4.78 is 37.4. The Morgan fingerprint density at radius 3 is 2.63 bits per heavy atom. The zero-order chi connectivity index (χ0) is 23.0. The van der Waals surface area contributed by atoms with Gasteiger partial charge in [-0.05, 0) is 49.1 Å². The number of carboxylic acid groups (broad SMARTS) is 1. The van der Waals surface area contributed by atoms with Gasteiger partial charge < -0.3 is 24.1 Å². The van der Waals surface area contributed by atoms with E-state index in [0.29, 0.717) is 36.0 Å². The van der Waals surface area contributed by atoms with E-state index in [2.05, 4.69) is 0 Å². The van der Waals surface area contributed by atoms with Crippen molar-refractivity contribution in [2.75, 3.05) is 14.2 Å². The number of hydrogen-bond acceptors (Lipinski definition) is 6. The second-order valence-electron chi connectivity index (χ2n) is 7.52. The normalized spacial score (nSPS) is 18.0. The number of carbonyl (C=O) groups is 2. The van der Waals surface area contributed by atoms with Gasteiger partial charge in [-0.25, -0.2) is 4.79 Å². The maximum absolute atomic E-state index is 11.9. The summed E-state index contributed by atoms with van der Waals surface area (Å²) in [4.78, 5) is 23.8. The van der Waals surface area contributed by atoms with Gasteiger partial charge in [-0.1, -0.05) is 13.0 Å². The van der Waals surface area contributed by atoms with Crippen LogP contribution in [0.5, 0.6) is 17.2 Å². The molecule has 1 fully saturated rings. The number of benzene rings is 2. The van der Waals surface area contributed by atoms with Crippen LogP contribution in [0.1, 0.15) is 44.8 Å². The molecule has 2 aromatic carbocycles. The molecule has 0 radical (unpaired) electrons. The van der Waals surface area contributed by atoms with Gasteiger partial charge in [0.1, 0.15) is 18.1 Å². The molecule has 158 valence electrons. The number of esters is 1. The first kappa shape index (κ1) is 17.6. The molecule has 1 atom stereocenters. The molecule has 0 saturated heterocycles. The number of carboxylic acids is 1. The Morgan fingerprint density at radius 2 is 2.00 bits per heavy atom. The van der Waals surface area contributed by atoms with Crippen LogP contribution in [0.3, 0.4) is 0 Å². The number of fused-ring (bicyclic) bond motifs is 1. The molecule has 1 aliphatic heterocycles. The smallest absolute Gasteiger partial charge is 0.338 e. The summed E-state index contributed by atoms with van der Waals surface area (Å²) in [7, 11) is -0.217. The van der Waals surface area contributed by atoms with Crippen LogP contribution in [-0.4, -0.2) is 37.3 Å². The van der Waals surface area contributed by atoms with Crippen molar-refractivity contribution in [3.8, 4) is 28.4 Å². The fourth-order valence-corrected chi connectivity index (χ4v) is 4.00. The van der Waals surface area contributed by atoms with Gasteiger partial charge in [0.05, 0.1) is 22.5 Å². The fourth-order valence-electron chi connectivity index (χ4n) is 4.00. The summed E-state index contributed by atoms with van der Waals surface area (Å²) >= 11 is 0. The first-order valence-electron chi connectivity index (χ1n) is 10.9. The second-order valence-corrected chi connectivity index (χ2v) is 7.52. The Morgan fingerprint density at radius 1 is 1.23 bits per heavy atom. The average molecular weight is 414 g/mol. The molecule has 30 heavy (non-hydrogen) atoms. The fraction of sp³-hybridized carbons (Fsp3) is 0.391. The van der Waals surface area contributed by atoms with Gasteiger partial charge in [0.25, 0.3) is 0 Å². The van der Waals surface area contributed by atoms with E-state index in [1.54, 1.807) is 24.3 Å². The number of cyclic esters (lactones) is 1. The number of rotatable bonds is 8. The van der Waals surface area contributed by atoms with E-state index < -0.39 is 24.6 Å². The molecule has 1 saturated carbocycles. The molecular weight excluding hydrogens is 388 g/mol. The van der Waals surface area contributed by atoms with E-state index >= 15 is 0 Å². The monoisotopic (exact) mass is 414 g/mol. The molecule has 0 spiro atoms. The molecule has 0 amide bonds. The van der Waals surface area contributed by atoms with E-state index in [4.69, 9.17) is 21.7 Å². The van der Waals surface area contributed by atoms with Gasteiger partial charge in [-0.2, -0.15) is 0 Å². The summed E-state index contributed by atoms with van der Waals surface area (Å²) in [5.74, 6) is -0.756. The number of methoxy groups -OCH3 is 2. The molecule has 7 nitrogen and oxygen atoms in total. The van der Waals surface area contributed by atoms with Crippen molar-refractivity contribution >= 4 is 11.9 Å². The van der Waals surface area contributed by atoms with Crippen molar-refractivity contribution in [3.05, 3.63) is 41.5 Å². The van der Waals surface area contributed by atoms with Crippen molar-refractivity contribution in [3.63, 3.8) is 0 Å². The van der Waals surface area contributed by atoms with E-state index in [1.165, 1.54) is 7.11 Å². The van der Waals surface area contributed by atoms with E-state index in [9.17, 15) is 14.7 Å². The van der Waals surface area contributed by atoms with Crippen molar-refractivity contribution in [2.45, 2.75) is 38.9 Å². The Hall–Kier alpha value is -3.22. The molecule has 1 aliphatic carbocycles. The van der Waals surface area contributed by atoms with Crippen LogP contribution in [0.25, 0.3) is 11.1 Å². The van der Waals surface area contributed by atoms with Gasteiger partial charge in [0, 0.05) is 11.1 Å². The lowest BCUT2D eigenvalue weighted by Crippen LogP contribution is -2.34. The lowest BCUT2D eigenvalue weighted by atomic mass is 9.96. The molecule has 2 aromatic rings. The van der Waals surface area contributed by atoms with E-state index in [-0.39, 0.29) is 29.8 Å². The van der Waals surface area contributed by atoms with Crippen molar-refractivity contribution in [2.24, 2.45) is 5.41 Å². The lowest BCUT2D eigenvalue weighted by Gasteiger charge is -2.27.